The number of hydrogen-bond acceptors (Lipinski definition) is 3. The van der Waals surface area contributed by atoms with Gasteiger partial charge < -0.3 is 10.2 Å². The van der Waals surface area contributed by atoms with Gasteiger partial charge in [0, 0.05) is 11.8 Å². The van der Waals surface area contributed by atoms with Gasteiger partial charge in [-0.15, -0.1) is 0 Å². The third-order valence-corrected chi connectivity index (χ3v) is 2.45. The quantitative estimate of drug-likeness (QED) is 0.862. The molecule has 5 nitrogen and oxygen atoms in total. The van der Waals surface area contributed by atoms with Gasteiger partial charge in [0.15, 0.2) is 0 Å². The van der Waals surface area contributed by atoms with Crippen molar-refractivity contribution in [3.05, 3.63) is 53.7 Å². The predicted octanol–water partition coefficient (Wildman–Crippen LogP) is 2.14. The van der Waals surface area contributed by atoms with Crippen molar-refractivity contribution < 1.29 is 19.8 Å². The molecule has 0 amide bonds. The number of rotatable bonds is 3. The minimum Gasteiger partial charge on any atom is -0.478 e. The average Bonchev–Trinajstić information content (AvgIpc) is 2.38. The SMILES string of the molecule is O=C(O)c1cccc(-c2ccccn2)c1C(=O)O. The first-order valence-corrected chi connectivity index (χ1v) is 5.12. The van der Waals surface area contributed by atoms with Crippen molar-refractivity contribution in [1.82, 2.24) is 4.98 Å². The van der Waals surface area contributed by atoms with Crippen molar-refractivity contribution in [1.29, 1.82) is 0 Å². The predicted molar refractivity (Wildman–Crippen MR) is 63.6 cm³/mol. The third-order valence-electron chi connectivity index (χ3n) is 2.45. The van der Waals surface area contributed by atoms with Crippen LogP contribution in [0, 0.1) is 0 Å². The molecule has 0 bridgehead atoms. The van der Waals surface area contributed by atoms with E-state index in [2.05, 4.69) is 4.98 Å². The van der Waals surface area contributed by atoms with Gasteiger partial charge in [0.05, 0.1) is 16.8 Å². The highest BCUT2D eigenvalue weighted by molar-refractivity contribution is 6.06. The summed E-state index contributed by atoms with van der Waals surface area (Å²) < 4.78 is 0. The number of carboxylic acid groups (broad SMARTS) is 2. The summed E-state index contributed by atoms with van der Waals surface area (Å²) in [7, 11) is 0. The van der Waals surface area contributed by atoms with E-state index < -0.39 is 11.9 Å². The summed E-state index contributed by atoms with van der Waals surface area (Å²) in [6, 6.07) is 9.34. The van der Waals surface area contributed by atoms with Crippen LogP contribution in [-0.2, 0) is 0 Å². The number of pyridine rings is 1. The standard InChI is InChI=1S/C13H9NO4/c15-12(16)9-5-3-4-8(11(9)13(17)18)10-6-1-2-7-14-10/h1-7H,(H,15,16)(H,17,18). The molecule has 0 unspecified atom stereocenters. The second-order valence-electron chi connectivity index (χ2n) is 3.55. The Kier molecular flexibility index (Phi) is 3.05. The van der Waals surface area contributed by atoms with Crippen molar-refractivity contribution in [3.8, 4) is 11.3 Å². The van der Waals surface area contributed by atoms with E-state index >= 15 is 0 Å². The molecule has 1 aromatic heterocycles. The molecule has 0 aliphatic rings. The number of aromatic carboxylic acids is 2. The van der Waals surface area contributed by atoms with Crippen molar-refractivity contribution in [3.63, 3.8) is 0 Å². The lowest BCUT2D eigenvalue weighted by atomic mass is 9.98. The highest BCUT2D eigenvalue weighted by Gasteiger charge is 2.20. The van der Waals surface area contributed by atoms with Crippen LogP contribution in [0.4, 0.5) is 0 Å². The van der Waals surface area contributed by atoms with E-state index in [9.17, 15) is 9.59 Å². The van der Waals surface area contributed by atoms with Gasteiger partial charge in [-0.05, 0) is 18.2 Å². The molecule has 0 radical (unpaired) electrons. The lowest BCUT2D eigenvalue weighted by Crippen LogP contribution is -2.10. The molecule has 5 heteroatoms. The van der Waals surface area contributed by atoms with Crippen molar-refractivity contribution in [2.24, 2.45) is 0 Å². The van der Waals surface area contributed by atoms with E-state index in [-0.39, 0.29) is 11.1 Å². The van der Waals surface area contributed by atoms with E-state index in [0.29, 0.717) is 11.3 Å². The van der Waals surface area contributed by atoms with Crippen LogP contribution in [0.3, 0.4) is 0 Å². The monoisotopic (exact) mass is 243 g/mol. The molecule has 1 aromatic carbocycles. The van der Waals surface area contributed by atoms with Gasteiger partial charge in [-0.1, -0.05) is 18.2 Å². The largest absolute Gasteiger partial charge is 0.478 e. The lowest BCUT2D eigenvalue weighted by molar-refractivity contribution is 0.0652. The van der Waals surface area contributed by atoms with Crippen LogP contribution in [0.2, 0.25) is 0 Å². The summed E-state index contributed by atoms with van der Waals surface area (Å²) in [4.78, 5) is 26.3. The fraction of sp³-hybridized carbons (Fsp3) is 0. The Morgan fingerprint density at radius 1 is 0.944 bits per heavy atom. The number of aromatic nitrogens is 1. The smallest absolute Gasteiger partial charge is 0.337 e. The fourth-order valence-electron chi connectivity index (χ4n) is 1.70. The van der Waals surface area contributed by atoms with Crippen LogP contribution >= 0.6 is 0 Å². The molecule has 2 N–H and O–H groups in total. The molecular formula is C13H9NO4. The van der Waals surface area contributed by atoms with E-state index in [1.54, 1.807) is 18.2 Å². The molecule has 0 saturated carbocycles. The van der Waals surface area contributed by atoms with Crippen LogP contribution in [0.15, 0.2) is 42.6 Å². The first-order chi connectivity index (χ1) is 8.61. The summed E-state index contributed by atoms with van der Waals surface area (Å²) in [5.74, 6) is -2.56. The molecular weight excluding hydrogens is 234 g/mol. The zero-order valence-electron chi connectivity index (χ0n) is 9.20. The molecule has 1 heterocycles. The molecule has 0 spiro atoms. The second kappa shape index (κ2) is 4.67. The summed E-state index contributed by atoms with van der Waals surface area (Å²) in [6.45, 7) is 0. The Labute approximate surface area is 102 Å². The summed E-state index contributed by atoms with van der Waals surface area (Å²) in [5.41, 5.74) is 0.232. The highest BCUT2D eigenvalue weighted by Crippen LogP contribution is 2.24. The summed E-state index contributed by atoms with van der Waals surface area (Å²) in [6.07, 6.45) is 1.52. The molecule has 0 aliphatic carbocycles. The van der Waals surface area contributed by atoms with Crippen LogP contribution in [0.25, 0.3) is 11.3 Å². The topological polar surface area (TPSA) is 87.5 Å². The van der Waals surface area contributed by atoms with E-state index in [1.807, 2.05) is 0 Å². The van der Waals surface area contributed by atoms with Crippen LogP contribution in [0.1, 0.15) is 20.7 Å². The van der Waals surface area contributed by atoms with Crippen LogP contribution < -0.4 is 0 Å². The summed E-state index contributed by atoms with van der Waals surface area (Å²) >= 11 is 0. The Hall–Kier alpha value is -2.69. The molecule has 18 heavy (non-hydrogen) atoms. The minimum absolute atomic E-state index is 0.245. The number of hydrogen-bond donors (Lipinski definition) is 2. The molecule has 2 aromatic rings. The zero-order chi connectivity index (χ0) is 13.1. The van der Waals surface area contributed by atoms with Gasteiger partial charge in [0.2, 0.25) is 0 Å². The van der Waals surface area contributed by atoms with Gasteiger partial charge in [0.25, 0.3) is 0 Å². The van der Waals surface area contributed by atoms with Gasteiger partial charge in [-0.3, -0.25) is 4.98 Å². The van der Waals surface area contributed by atoms with E-state index in [4.69, 9.17) is 10.2 Å². The Bertz CT molecular complexity index is 608. The van der Waals surface area contributed by atoms with Crippen LogP contribution in [0.5, 0.6) is 0 Å². The molecule has 0 aliphatic heterocycles. The Morgan fingerprint density at radius 2 is 1.72 bits per heavy atom. The van der Waals surface area contributed by atoms with Gasteiger partial charge >= 0.3 is 11.9 Å². The minimum atomic E-state index is -1.28. The normalized spacial score (nSPS) is 10.0. The number of carbonyl (C=O) groups is 2. The number of nitrogens with zero attached hydrogens (tertiary/aromatic N) is 1. The molecule has 0 saturated heterocycles. The first kappa shape index (κ1) is 11.8. The van der Waals surface area contributed by atoms with E-state index in [1.165, 1.54) is 24.4 Å². The fourth-order valence-corrected chi connectivity index (χ4v) is 1.70. The van der Waals surface area contributed by atoms with Gasteiger partial charge in [-0.25, -0.2) is 9.59 Å². The zero-order valence-corrected chi connectivity index (χ0v) is 9.20. The van der Waals surface area contributed by atoms with E-state index in [0.717, 1.165) is 0 Å². The molecule has 0 fully saturated rings. The maximum atomic E-state index is 11.2. The molecule has 2 rings (SSSR count). The molecule has 0 atom stereocenters. The first-order valence-electron chi connectivity index (χ1n) is 5.12. The van der Waals surface area contributed by atoms with Crippen molar-refractivity contribution >= 4 is 11.9 Å². The third kappa shape index (κ3) is 2.06. The average molecular weight is 243 g/mol. The number of benzene rings is 1. The summed E-state index contributed by atoms with van der Waals surface area (Å²) in [5, 5.41) is 18.2. The second-order valence-corrected chi connectivity index (χ2v) is 3.55. The highest BCUT2D eigenvalue weighted by atomic mass is 16.4. The lowest BCUT2D eigenvalue weighted by Gasteiger charge is -2.08. The maximum Gasteiger partial charge on any atom is 0.337 e. The van der Waals surface area contributed by atoms with Gasteiger partial charge in [-0.2, -0.15) is 0 Å². The Balaban J connectivity index is 2.72. The number of carboxylic acids is 2. The van der Waals surface area contributed by atoms with Crippen molar-refractivity contribution in [2.75, 3.05) is 0 Å². The Morgan fingerprint density at radius 3 is 2.28 bits per heavy atom. The van der Waals surface area contributed by atoms with Crippen LogP contribution in [-0.4, -0.2) is 27.1 Å². The van der Waals surface area contributed by atoms with Gasteiger partial charge in [0.1, 0.15) is 0 Å². The molecule has 90 valence electrons. The maximum absolute atomic E-state index is 11.2. The van der Waals surface area contributed by atoms with Crippen molar-refractivity contribution in [2.45, 2.75) is 0 Å².